The zero-order valence-corrected chi connectivity index (χ0v) is 14.6. The average molecular weight is 368 g/mol. The molecular weight excluding hydrogens is 349 g/mol. The third kappa shape index (κ3) is 4.25. The summed E-state index contributed by atoms with van der Waals surface area (Å²) in [6.45, 7) is 5.53. The molecule has 0 fully saturated rings. The minimum absolute atomic E-state index is 0.327. The van der Waals surface area contributed by atoms with Gasteiger partial charge in [0.1, 0.15) is 0 Å². The molecule has 0 aliphatic heterocycles. The highest BCUT2D eigenvalue weighted by Crippen LogP contribution is 2.34. The first-order valence-electron chi connectivity index (χ1n) is 7.95. The lowest BCUT2D eigenvalue weighted by molar-refractivity contribution is -0.137. The van der Waals surface area contributed by atoms with E-state index in [0.717, 1.165) is 17.8 Å². The molecule has 8 heteroatoms. The zero-order chi connectivity index (χ0) is 19.5. The van der Waals surface area contributed by atoms with Crippen LogP contribution in [-0.4, -0.2) is 23.1 Å². The quantitative estimate of drug-likeness (QED) is 0.814. The van der Waals surface area contributed by atoms with Crippen molar-refractivity contribution in [2.75, 3.05) is 11.9 Å². The molecule has 0 aliphatic rings. The van der Waals surface area contributed by atoms with Crippen molar-refractivity contribution >= 4 is 17.6 Å². The number of carbonyl (C=O) groups is 2. The first-order valence-corrected chi connectivity index (χ1v) is 7.95. The molecule has 0 unspecified atom stereocenters. The molecule has 2 rings (SSSR count). The van der Waals surface area contributed by atoms with Gasteiger partial charge in [-0.3, -0.25) is 4.79 Å². The number of nitrogens with zero attached hydrogens (tertiary/aromatic N) is 1. The topological polar surface area (TPSA) is 60.3 Å². The lowest BCUT2D eigenvalue weighted by Crippen LogP contribution is -2.23. The predicted molar refractivity (Wildman–Crippen MR) is 89.9 cm³/mol. The standard InChI is InChI=1S/C18H19F3N2O3/c1-4-23-11(2)9-13(12(23)3)17(25)26-10-16(24)22-15-8-6-5-7-14(15)18(19,20)21/h5-9H,4,10H2,1-3H3,(H,22,24). The summed E-state index contributed by atoms with van der Waals surface area (Å²) < 4.78 is 45.6. The van der Waals surface area contributed by atoms with Gasteiger partial charge in [-0.1, -0.05) is 12.1 Å². The number of nitrogens with one attached hydrogen (secondary N) is 1. The van der Waals surface area contributed by atoms with E-state index in [1.807, 2.05) is 18.4 Å². The summed E-state index contributed by atoms with van der Waals surface area (Å²) in [4.78, 5) is 24.0. The Morgan fingerprint density at radius 2 is 1.85 bits per heavy atom. The Labute approximate surface area is 148 Å². The molecular formula is C18H19F3N2O3. The van der Waals surface area contributed by atoms with E-state index in [2.05, 4.69) is 5.32 Å². The van der Waals surface area contributed by atoms with Gasteiger partial charge in [-0.15, -0.1) is 0 Å². The number of ether oxygens (including phenoxy) is 1. The van der Waals surface area contributed by atoms with Crippen molar-refractivity contribution in [1.29, 1.82) is 0 Å². The van der Waals surface area contributed by atoms with Gasteiger partial charge in [0.2, 0.25) is 0 Å². The van der Waals surface area contributed by atoms with Gasteiger partial charge in [-0.25, -0.2) is 4.79 Å². The molecule has 1 amide bonds. The van der Waals surface area contributed by atoms with E-state index in [4.69, 9.17) is 4.74 Å². The molecule has 0 spiro atoms. The highest BCUT2D eigenvalue weighted by molar-refractivity contribution is 5.96. The molecule has 0 radical (unpaired) electrons. The number of esters is 1. The van der Waals surface area contributed by atoms with Crippen LogP contribution in [-0.2, 0) is 22.3 Å². The van der Waals surface area contributed by atoms with Gasteiger partial charge in [-0.05, 0) is 39.0 Å². The minimum atomic E-state index is -4.60. The molecule has 0 saturated heterocycles. The van der Waals surface area contributed by atoms with E-state index in [0.29, 0.717) is 17.8 Å². The fourth-order valence-corrected chi connectivity index (χ4v) is 2.73. The van der Waals surface area contributed by atoms with Crippen molar-refractivity contribution in [2.24, 2.45) is 0 Å². The van der Waals surface area contributed by atoms with Gasteiger partial charge in [0.15, 0.2) is 6.61 Å². The van der Waals surface area contributed by atoms with Gasteiger partial charge in [0, 0.05) is 17.9 Å². The Bertz CT molecular complexity index is 826. The van der Waals surface area contributed by atoms with Crippen LogP contribution in [0, 0.1) is 13.8 Å². The van der Waals surface area contributed by atoms with Crippen LogP contribution in [0.2, 0.25) is 0 Å². The zero-order valence-electron chi connectivity index (χ0n) is 14.6. The van der Waals surface area contributed by atoms with E-state index in [1.54, 1.807) is 13.0 Å². The summed E-state index contributed by atoms with van der Waals surface area (Å²) in [5, 5.41) is 2.12. The second kappa shape index (κ2) is 7.63. The van der Waals surface area contributed by atoms with Crippen molar-refractivity contribution in [1.82, 2.24) is 4.57 Å². The molecule has 0 atom stereocenters. The molecule has 1 N–H and O–H groups in total. The number of aromatic nitrogens is 1. The summed E-state index contributed by atoms with van der Waals surface area (Å²) in [6, 6.07) is 6.25. The third-order valence-electron chi connectivity index (χ3n) is 3.95. The number of carbonyl (C=O) groups excluding carboxylic acids is 2. The molecule has 1 aromatic heterocycles. The Balaban J connectivity index is 2.03. The van der Waals surface area contributed by atoms with Crippen molar-refractivity contribution < 1.29 is 27.5 Å². The fourth-order valence-electron chi connectivity index (χ4n) is 2.73. The summed E-state index contributed by atoms with van der Waals surface area (Å²) >= 11 is 0. The smallest absolute Gasteiger partial charge is 0.418 e. The van der Waals surface area contributed by atoms with Crippen molar-refractivity contribution in [2.45, 2.75) is 33.5 Å². The maximum Gasteiger partial charge on any atom is 0.418 e. The SMILES string of the molecule is CCn1c(C)cc(C(=O)OCC(=O)Nc2ccccc2C(F)(F)F)c1C. The number of benzene rings is 1. The maximum absolute atomic E-state index is 12.9. The van der Waals surface area contributed by atoms with Gasteiger partial charge in [0.25, 0.3) is 5.91 Å². The molecule has 140 valence electrons. The Morgan fingerprint density at radius 1 is 1.19 bits per heavy atom. The van der Waals surface area contributed by atoms with Crippen LogP contribution in [0.15, 0.2) is 30.3 Å². The third-order valence-corrected chi connectivity index (χ3v) is 3.95. The second-order valence-corrected chi connectivity index (χ2v) is 5.70. The van der Waals surface area contributed by atoms with Gasteiger partial charge < -0.3 is 14.6 Å². The lowest BCUT2D eigenvalue weighted by atomic mass is 10.1. The van der Waals surface area contributed by atoms with Gasteiger partial charge in [-0.2, -0.15) is 13.2 Å². The average Bonchev–Trinajstić information content (AvgIpc) is 2.86. The van der Waals surface area contributed by atoms with Crippen LogP contribution in [0.5, 0.6) is 0 Å². The van der Waals surface area contributed by atoms with Gasteiger partial charge in [0.05, 0.1) is 16.8 Å². The molecule has 5 nitrogen and oxygen atoms in total. The first-order chi connectivity index (χ1) is 12.1. The number of alkyl halides is 3. The van der Waals surface area contributed by atoms with E-state index in [9.17, 15) is 22.8 Å². The Hall–Kier alpha value is -2.77. The van der Waals surface area contributed by atoms with E-state index in [-0.39, 0.29) is 5.69 Å². The highest BCUT2D eigenvalue weighted by atomic mass is 19.4. The number of para-hydroxylation sites is 1. The number of hydrogen-bond donors (Lipinski definition) is 1. The van der Waals surface area contributed by atoms with Crippen LogP contribution in [0.3, 0.4) is 0 Å². The predicted octanol–water partition coefficient (Wildman–Crippen LogP) is 3.94. The van der Waals surface area contributed by atoms with E-state index in [1.165, 1.54) is 12.1 Å². The summed E-state index contributed by atoms with van der Waals surface area (Å²) in [5.41, 5.74) is 0.558. The summed E-state index contributed by atoms with van der Waals surface area (Å²) in [5.74, 6) is -1.54. The number of aryl methyl sites for hydroxylation is 1. The molecule has 2 aromatic rings. The Morgan fingerprint density at radius 3 is 2.42 bits per heavy atom. The number of anilines is 1. The van der Waals surface area contributed by atoms with E-state index < -0.39 is 30.2 Å². The molecule has 0 bridgehead atoms. The summed E-state index contributed by atoms with van der Waals surface area (Å²) in [7, 11) is 0. The summed E-state index contributed by atoms with van der Waals surface area (Å²) in [6.07, 6.45) is -4.60. The molecule has 1 aromatic carbocycles. The minimum Gasteiger partial charge on any atom is -0.452 e. The van der Waals surface area contributed by atoms with Crippen molar-refractivity contribution in [3.8, 4) is 0 Å². The largest absolute Gasteiger partial charge is 0.452 e. The van der Waals surface area contributed by atoms with Crippen LogP contribution >= 0.6 is 0 Å². The lowest BCUT2D eigenvalue weighted by Gasteiger charge is -2.13. The number of halogens is 3. The molecule has 26 heavy (non-hydrogen) atoms. The number of rotatable bonds is 5. The van der Waals surface area contributed by atoms with Crippen LogP contribution < -0.4 is 5.32 Å². The maximum atomic E-state index is 12.9. The van der Waals surface area contributed by atoms with Crippen molar-refractivity contribution in [3.05, 3.63) is 52.8 Å². The van der Waals surface area contributed by atoms with Crippen LogP contribution in [0.1, 0.15) is 34.2 Å². The molecule has 0 aliphatic carbocycles. The number of hydrogen-bond acceptors (Lipinski definition) is 3. The normalized spacial score (nSPS) is 11.3. The molecule has 0 saturated carbocycles. The Kier molecular flexibility index (Phi) is 5.74. The molecule has 1 heterocycles. The first kappa shape index (κ1) is 19.6. The highest BCUT2D eigenvalue weighted by Gasteiger charge is 2.33. The van der Waals surface area contributed by atoms with Gasteiger partial charge >= 0.3 is 12.1 Å². The second-order valence-electron chi connectivity index (χ2n) is 5.70. The van der Waals surface area contributed by atoms with Crippen molar-refractivity contribution in [3.63, 3.8) is 0 Å². The van der Waals surface area contributed by atoms with E-state index >= 15 is 0 Å². The van der Waals surface area contributed by atoms with Crippen LogP contribution in [0.25, 0.3) is 0 Å². The van der Waals surface area contributed by atoms with Crippen LogP contribution in [0.4, 0.5) is 18.9 Å². The number of amides is 1. The fraction of sp³-hybridized carbons (Fsp3) is 0.333. The monoisotopic (exact) mass is 368 g/mol.